The smallest absolute Gasteiger partial charge is 0.358 e. The van der Waals surface area contributed by atoms with Gasteiger partial charge >= 0.3 is 5.97 Å². The van der Waals surface area contributed by atoms with Crippen LogP contribution in [0.4, 0.5) is 0 Å². The molecule has 118 valence electrons. The van der Waals surface area contributed by atoms with Gasteiger partial charge in [0.2, 0.25) is 0 Å². The molecule has 0 saturated carbocycles. The van der Waals surface area contributed by atoms with E-state index in [1.807, 2.05) is 12.1 Å². The first kappa shape index (κ1) is 16.2. The Labute approximate surface area is 131 Å². The first-order chi connectivity index (χ1) is 10.5. The third kappa shape index (κ3) is 3.72. The average molecular weight is 301 g/mol. The Balaban J connectivity index is 2.33. The fraction of sp³-hybridized carbons (Fsp3) is 0.471. The molecule has 0 atom stereocenters. The van der Waals surface area contributed by atoms with Gasteiger partial charge in [-0.15, -0.1) is 5.10 Å². The van der Waals surface area contributed by atoms with Gasteiger partial charge in [-0.2, -0.15) is 0 Å². The zero-order valence-electron chi connectivity index (χ0n) is 13.4. The van der Waals surface area contributed by atoms with Gasteiger partial charge in [0.15, 0.2) is 5.69 Å². The normalized spacial score (nSPS) is 11.1. The van der Waals surface area contributed by atoms with Crippen molar-refractivity contribution in [2.75, 3.05) is 0 Å². The number of aromatic carboxylic acids is 1. The lowest BCUT2D eigenvalue weighted by molar-refractivity contribution is 0.0689. The molecule has 0 radical (unpaired) electrons. The van der Waals surface area contributed by atoms with Crippen LogP contribution in [-0.4, -0.2) is 26.1 Å². The topological polar surface area (TPSA) is 68.0 Å². The fourth-order valence-corrected chi connectivity index (χ4v) is 2.43. The number of carboxylic acid groups (broad SMARTS) is 1. The van der Waals surface area contributed by atoms with E-state index in [-0.39, 0.29) is 5.69 Å². The van der Waals surface area contributed by atoms with Crippen LogP contribution in [0.25, 0.3) is 5.69 Å². The summed E-state index contributed by atoms with van der Waals surface area (Å²) in [7, 11) is 0. The maximum Gasteiger partial charge on any atom is 0.358 e. The molecule has 1 N–H and O–H groups in total. The minimum absolute atomic E-state index is 0.0451. The van der Waals surface area contributed by atoms with E-state index in [9.17, 15) is 9.90 Å². The second kappa shape index (κ2) is 7.20. The minimum atomic E-state index is -1.03. The largest absolute Gasteiger partial charge is 0.476 e. The summed E-state index contributed by atoms with van der Waals surface area (Å²) < 4.78 is 1.65. The molecule has 1 aromatic carbocycles. The summed E-state index contributed by atoms with van der Waals surface area (Å²) in [6.07, 6.45) is 4.04. The zero-order valence-corrected chi connectivity index (χ0v) is 13.4. The number of hydrogen-bond acceptors (Lipinski definition) is 3. The minimum Gasteiger partial charge on any atom is -0.476 e. The van der Waals surface area contributed by atoms with Crippen LogP contribution in [0.2, 0.25) is 0 Å². The molecule has 0 unspecified atom stereocenters. The molecule has 0 saturated heterocycles. The molecule has 2 aromatic rings. The van der Waals surface area contributed by atoms with E-state index in [1.165, 1.54) is 18.4 Å². The van der Waals surface area contributed by atoms with Crippen LogP contribution in [0.3, 0.4) is 0 Å². The van der Waals surface area contributed by atoms with E-state index in [2.05, 4.69) is 43.2 Å². The van der Waals surface area contributed by atoms with Crippen LogP contribution in [0.15, 0.2) is 24.3 Å². The maximum absolute atomic E-state index is 11.3. The summed E-state index contributed by atoms with van der Waals surface area (Å²) in [6.45, 7) is 6.28. The van der Waals surface area contributed by atoms with Crippen LogP contribution in [0, 0.1) is 5.92 Å². The van der Waals surface area contributed by atoms with Crippen molar-refractivity contribution in [3.05, 3.63) is 41.2 Å². The highest BCUT2D eigenvalue weighted by atomic mass is 16.4. The molecule has 5 nitrogen and oxygen atoms in total. The lowest BCUT2D eigenvalue weighted by Crippen LogP contribution is -2.09. The Morgan fingerprint density at radius 2 is 1.95 bits per heavy atom. The van der Waals surface area contributed by atoms with Crippen molar-refractivity contribution < 1.29 is 9.90 Å². The molecule has 0 aliphatic rings. The fourth-order valence-electron chi connectivity index (χ4n) is 2.43. The summed E-state index contributed by atoms with van der Waals surface area (Å²) in [4.78, 5) is 11.3. The Hall–Kier alpha value is -2.17. The second-order valence-electron chi connectivity index (χ2n) is 5.97. The molecule has 0 aliphatic carbocycles. The molecule has 5 heteroatoms. The van der Waals surface area contributed by atoms with Crippen LogP contribution < -0.4 is 0 Å². The number of nitrogens with zero attached hydrogens (tertiary/aromatic N) is 3. The SMILES string of the molecule is CCCCc1ccc(-n2nnc(C(=O)O)c2CC(C)C)cc1. The highest BCUT2D eigenvalue weighted by Gasteiger charge is 2.20. The van der Waals surface area contributed by atoms with E-state index < -0.39 is 5.97 Å². The molecular weight excluding hydrogens is 278 g/mol. The Bertz CT molecular complexity index is 630. The van der Waals surface area contributed by atoms with Crippen molar-refractivity contribution in [2.45, 2.75) is 46.5 Å². The molecule has 22 heavy (non-hydrogen) atoms. The first-order valence-corrected chi connectivity index (χ1v) is 7.80. The van der Waals surface area contributed by atoms with Crippen LogP contribution in [0.5, 0.6) is 0 Å². The third-order valence-electron chi connectivity index (χ3n) is 3.57. The van der Waals surface area contributed by atoms with Crippen LogP contribution in [0.1, 0.15) is 55.4 Å². The van der Waals surface area contributed by atoms with Crippen molar-refractivity contribution in [3.63, 3.8) is 0 Å². The Morgan fingerprint density at radius 1 is 1.27 bits per heavy atom. The number of hydrogen-bond donors (Lipinski definition) is 1. The van der Waals surface area contributed by atoms with Crippen molar-refractivity contribution >= 4 is 5.97 Å². The molecule has 0 bridgehead atoms. The Kier molecular flexibility index (Phi) is 5.31. The number of carbonyl (C=O) groups is 1. The summed E-state index contributed by atoms with van der Waals surface area (Å²) in [6, 6.07) is 8.11. The number of benzene rings is 1. The molecule has 0 fully saturated rings. The quantitative estimate of drug-likeness (QED) is 0.849. The predicted octanol–water partition coefficient (Wildman–Crippen LogP) is 3.51. The number of carboxylic acids is 1. The standard InChI is InChI=1S/C17H23N3O2/c1-4-5-6-13-7-9-14(10-8-13)20-15(11-12(2)3)16(17(21)22)18-19-20/h7-10,12H,4-6,11H2,1-3H3,(H,21,22). The maximum atomic E-state index is 11.3. The molecule has 0 spiro atoms. The summed E-state index contributed by atoms with van der Waals surface area (Å²) >= 11 is 0. The zero-order chi connectivity index (χ0) is 16.1. The van der Waals surface area contributed by atoms with Gasteiger partial charge in [-0.25, -0.2) is 9.48 Å². The van der Waals surface area contributed by atoms with E-state index in [0.29, 0.717) is 18.0 Å². The van der Waals surface area contributed by atoms with Gasteiger partial charge in [-0.3, -0.25) is 0 Å². The molecule has 0 aliphatic heterocycles. The first-order valence-electron chi connectivity index (χ1n) is 7.80. The number of rotatable bonds is 7. The van der Waals surface area contributed by atoms with E-state index in [0.717, 1.165) is 12.1 Å². The molecular formula is C17H23N3O2. The van der Waals surface area contributed by atoms with Gasteiger partial charge in [0.25, 0.3) is 0 Å². The number of unbranched alkanes of at least 4 members (excludes halogenated alkanes) is 1. The third-order valence-corrected chi connectivity index (χ3v) is 3.57. The van der Waals surface area contributed by atoms with Gasteiger partial charge in [-0.05, 0) is 42.9 Å². The summed E-state index contributed by atoms with van der Waals surface area (Å²) in [5.41, 5.74) is 2.85. The van der Waals surface area contributed by atoms with Crippen molar-refractivity contribution in [3.8, 4) is 5.69 Å². The number of aryl methyl sites for hydroxylation is 1. The summed E-state index contributed by atoms with van der Waals surface area (Å²) in [5.74, 6) is -0.694. The monoisotopic (exact) mass is 301 g/mol. The number of aromatic nitrogens is 3. The van der Waals surface area contributed by atoms with Crippen molar-refractivity contribution in [1.82, 2.24) is 15.0 Å². The average Bonchev–Trinajstić information content (AvgIpc) is 2.88. The van der Waals surface area contributed by atoms with Crippen molar-refractivity contribution in [2.24, 2.45) is 5.92 Å². The van der Waals surface area contributed by atoms with Crippen LogP contribution in [-0.2, 0) is 12.8 Å². The molecule has 0 amide bonds. The van der Waals surface area contributed by atoms with Crippen LogP contribution >= 0.6 is 0 Å². The van der Waals surface area contributed by atoms with Gasteiger partial charge in [0.05, 0.1) is 11.4 Å². The van der Waals surface area contributed by atoms with Gasteiger partial charge in [0, 0.05) is 0 Å². The van der Waals surface area contributed by atoms with Gasteiger partial charge in [0.1, 0.15) is 0 Å². The molecule has 1 heterocycles. The molecule has 2 rings (SSSR count). The summed E-state index contributed by atoms with van der Waals surface area (Å²) in [5, 5.41) is 17.1. The van der Waals surface area contributed by atoms with E-state index >= 15 is 0 Å². The lowest BCUT2D eigenvalue weighted by atomic mass is 10.1. The lowest BCUT2D eigenvalue weighted by Gasteiger charge is -2.10. The van der Waals surface area contributed by atoms with Gasteiger partial charge in [-0.1, -0.05) is 44.5 Å². The van der Waals surface area contributed by atoms with Crippen molar-refractivity contribution in [1.29, 1.82) is 0 Å². The van der Waals surface area contributed by atoms with E-state index in [1.54, 1.807) is 4.68 Å². The molecule has 1 aromatic heterocycles. The Morgan fingerprint density at radius 3 is 2.50 bits per heavy atom. The highest BCUT2D eigenvalue weighted by Crippen LogP contribution is 2.18. The second-order valence-corrected chi connectivity index (χ2v) is 5.97. The van der Waals surface area contributed by atoms with E-state index in [4.69, 9.17) is 0 Å². The highest BCUT2D eigenvalue weighted by molar-refractivity contribution is 5.86. The van der Waals surface area contributed by atoms with Gasteiger partial charge < -0.3 is 5.11 Å². The predicted molar refractivity (Wildman–Crippen MR) is 85.5 cm³/mol.